The third kappa shape index (κ3) is 1.80. The molecule has 0 fully saturated rings. The maximum Gasteiger partial charge on any atom is 0.249 e. The van der Waals surface area contributed by atoms with Crippen molar-refractivity contribution in [2.45, 2.75) is 20.3 Å². The van der Waals surface area contributed by atoms with Crippen molar-refractivity contribution in [2.75, 3.05) is 5.73 Å². The molecule has 0 aliphatic carbocycles. The summed E-state index contributed by atoms with van der Waals surface area (Å²) in [4.78, 5) is 11.0. The fourth-order valence-corrected chi connectivity index (χ4v) is 1.26. The van der Waals surface area contributed by atoms with Gasteiger partial charge in [-0.15, -0.1) is 0 Å². The molecule has 0 bridgehead atoms. The average molecular weight is 178 g/mol. The molecule has 0 spiro atoms. The molecule has 0 saturated carbocycles. The van der Waals surface area contributed by atoms with Crippen LogP contribution in [-0.4, -0.2) is 5.91 Å². The molecule has 0 aliphatic heterocycles. The maximum atomic E-state index is 11.0. The number of amides is 1. The van der Waals surface area contributed by atoms with E-state index >= 15 is 0 Å². The SMILES string of the molecule is CCc1cc(N)c(C)c(C(N)=O)c1. The quantitative estimate of drug-likeness (QED) is 0.669. The summed E-state index contributed by atoms with van der Waals surface area (Å²) < 4.78 is 0. The smallest absolute Gasteiger partial charge is 0.249 e. The largest absolute Gasteiger partial charge is 0.398 e. The highest BCUT2D eigenvalue weighted by atomic mass is 16.1. The van der Waals surface area contributed by atoms with Crippen molar-refractivity contribution in [3.05, 3.63) is 28.8 Å². The van der Waals surface area contributed by atoms with Crippen molar-refractivity contribution in [2.24, 2.45) is 5.73 Å². The van der Waals surface area contributed by atoms with E-state index in [1.165, 1.54) is 0 Å². The Labute approximate surface area is 77.7 Å². The number of nitrogens with two attached hydrogens (primary N) is 2. The number of anilines is 1. The molecule has 1 aromatic rings. The standard InChI is InChI=1S/C10H14N2O/c1-3-7-4-8(10(12)13)6(2)9(11)5-7/h4-5H,3,11H2,1-2H3,(H2,12,13). The zero-order valence-corrected chi connectivity index (χ0v) is 7.92. The number of benzene rings is 1. The van der Waals surface area contributed by atoms with Crippen LogP contribution in [-0.2, 0) is 6.42 Å². The van der Waals surface area contributed by atoms with Gasteiger partial charge in [-0.1, -0.05) is 6.92 Å². The third-order valence-corrected chi connectivity index (χ3v) is 2.18. The lowest BCUT2D eigenvalue weighted by molar-refractivity contribution is 0.0999. The van der Waals surface area contributed by atoms with Crippen LogP contribution < -0.4 is 11.5 Å². The molecule has 70 valence electrons. The van der Waals surface area contributed by atoms with Crippen LogP contribution in [0.4, 0.5) is 5.69 Å². The van der Waals surface area contributed by atoms with Crippen LogP contribution in [0.3, 0.4) is 0 Å². The predicted molar refractivity (Wildman–Crippen MR) is 53.5 cm³/mol. The molecule has 3 nitrogen and oxygen atoms in total. The van der Waals surface area contributed by atoms with Crippen LogP contribution in [0.1, 0.15) is 28.4 Å². The van der Waals surface area contributed by atoms with Gasteiger partial charge in [0.1, 0.15) is 0 Å². The average Bonchev–Trinajstić information content (AvgIpc) is 2.09. The van der Waals surface area contributed by atoms with Crippen molar-refractivity contribution in [3.8, 4) is 0 Å². The van der Waals surface area contributed by atoms with Crippen LogP contribution in [0.5, 0.6) is 0 Å². The molecule has 4 N–H and O–H groups in total. The molecule has 0 saturated heterocycles. The van der Waals surface area contributed by atoms with Gasteiger partial charge in [-0.3, -0.25) is 4.79 Å². The van der Waals surface area contributed by atoms with Gasteiger partial charge in [0.05, 0.1) is 0 Å². The Kier molecular flexibility index (Phi) is 2.56. The molecule has 13 heavy (non-hydrogen) atoms. The van der Waals surface area contributed by atoms with Gasteiger partial charge in [0.15, 0.2) is 0 Å². The van der Waals surface area contributed by atoms with Crippen molar-refractivity contribution in [1.29, 1.82) is 0 Å². The van der Waals surface area contributed by atoms with E-state index in [4.69, 9.17) is 11.5 Å². The lowest BCUT2D eigenvalue weighted by Crippen LogP contribution is -2.14. The number of rotatable bonds is 2. The Hall–Kier alpha value is -1.51. The van der Waals surface area contributed by atoms with E-state index in [0.29, 0.717) is 11.3 Å². The molecule has 1 rings (SSSR count). The minimum Gasteiger partial charge on any atom is -0.398 e. The molecule has 0 heterocycles. The summed E-state index contributed by atoms with van der Waals surface area (Å²) in [6.07, 6.45) is 0.852. The van der Waals surface area contributed by atoms with Crippen LogP contribution in [0, 0.1) is 6.92 Å². The zero-order valence-electron chi connectivity index (χ0n) is 7.92. The number of nitrogen functional groups attached to an aromatic ring is 1. The topological polar surface area (TPSA) is 69.1 Å². The second-order valence-electron chi connectivity index (χ2n) is 3.08. The monoisotopic (exact) mass is 178 g/mol. The van der Waals surface area contributed by atoms with Gasteiger partial charge in [-0.05, 0) is 36.6 Å². The van der Waals surface area contributed by atoms with Crippen LogP contribution in [0.2, 0.25) is 0 Å². The highest BCUT2D eigenvalue weighted by Gasteiger charge is 2.08. The van der Waals surface area contributed by atoms with Gasteiger partial charge < -0.3 is 11.5 Å². The summed E-state index contributed by atoms with van der Waals surface area (Å²) in [7, 11) is 0. The summed E-state index contributed by atoms with van der Waals surface area (Å²) in [5, 5.41) is 0. The molecular weight excluding hydrogens is 164 g/mol. The molecule has 0 atom stereocenters. The van der Waals surface area contributed by atoms with Crippen LogP contribution in [0.25, 0.3) is 0 Å². The first-order valence-corrected chi connectivity index (χ1v) is 4.25. The lowest BCUT2D eigenvalue weighted by atomic mass is 10.0. The molecule has 1 aromatic carbocycles. The predicted octanol–water partition coefficient (Wildman–Crippen LogP) is 1.24. The summed E-state index contributed by atoms with van der Waals surface area (Å²) in [5.41, 5.74) is 13.9. The van der Waals surface area contributed by atoms with Crippen molar-refractivity contribution in [1.82, 2.24) is 0 Å². The summed E-state index contributed by atoms with van der Waals surface area (Å²) >= 11 is 0. The third-order valence-electron chi connectivity index (χ3n) is 2.18. The Morgan fingerprint density at radius 3 is 2.54 bits per heavy atom. The Morgan fingerprint density at radius 1 is 1.46 bits per heavy atom. The van der Waals surface area contributed by atoms with Gasteiger partial charge in [0.2, 0.25) is 5.91 Å². The van der Waals surface area contributed by atoms with Crippen LogP contribution in [0.15, 0.2) is 12.1 Å². The van der Waals surface area contributed by atoms with Crippen molar-refractivity contribution < 1.29 is 4.79 Å². The molecule has 0 radical (unpaired) electrons. The van der Waals surface area contributed by atoms with E-state index in [0.717, 1.165) is 17.5 Å². The Morgan fingerprint density at radius 2 is 2.08 bits per heavy atom. The maximum absolute atomic E-state index is 11.0. The summed E-state index contributed by atoms with van der Waals surface area (Å²) in [6, 6.07) is 3.68. The van der Waals surface area contributed by atoms with E-state index < -0.39 is 5.91 Å². The van der Waals surface area contributed by atoms with Gasteiger partial charge in [-0.25, -0.2) is 0 Å². The number of carbonyl (C=O) groups excluding carboxylic acids is 1. The van der Waals surface area contributed by atoms with Crippen molar-refractivity contribution in [3.63, 3.8) is 0 Å². The minimum absolute atomic E-state index is 0.417. The Bertz CT molecular complexity index is 345. The van der Waals surface area contributed by atoms with E-state index in [9.17, 15) is 4.79 Å². The number of hydrogen-bond acceptors (Lipinski definition) is 2. The molecule has 0 unspecified atom stereocenters. The highest BCUT2D eigenvalue weighted by molar-refractivity contribution is 5.95. The Balaban J connectivity index is 3.33. The van der Waals surface area contributed by atoms with E-state index in [2.05, 4.69) is 0 Å². The molecule has 3 heteroatoms. The fourth-order valence-electron chi connectivity index (χ4n) is 1.26. The molecule has 0 aromatic heterocycles. The molecule has 0 aliphatic rings. The number of primary amides is 1. The minimum atomic E-state index is -0.417. The fraction of sp³-hybridized carbons (Fsp3) is 0.300. The first kappa shape index (κ1) is 9.58. The van der Waals surface area contributed by atoms with E-state index in [-0.39, 0.29) is 0 Å². The van der Waals surface area contributed by atoms with Crippen molar-refractivity contribution >= 4 is 11.6 Å². The molecular formula is C10H14N2O. The second-order valence-corrected chi connectivity index (χ2v) is 3.08. The number of carbonyl (C=O) groups is 1. The van der Waals surface area contributed by atoms with Gasteiger partial charge in [-0.2, -0.15) is 0 Å². The first-order valence-electron chi connectivity index (χ1n) is 4.25. The second kappa shape index (κ2) is 3.47. The highest BCUT2D eigenvalue weighted by Crippen LogP contribution is 2.18. The summed E-state index contributed by atoms with van der Waals surface area (Å²) in [6.45, 7) is 3.81. The first-order chi connectivity index (χ1) is 6.06. The van der Waals surface area contributed by atoms with Crippen LogP contribution >= 0.6 is 0 Å². The normalized spacial score (nSPS) is 10.0. The van der Waals surface area contributed by atoms with Gasteiger partial charge >= 0.3 is 0 Å². The summed E-state index contributed by atoms with van der Waals surface area (Å²) in [5.74, 6) is -0.417. The zero-order chi connectivity index (χ0) is 10.0. The number of aryl methyl sites for hydroxylation is 1. The van der Waals surface area contributed by atoms with E-state index in [1.54, 1.807) is 13.0 Å². The lowest BCUT2D eigenvalue weighted by Gasteiger charge is -2.07. The number of hydrogen-bond donors (Lipinski definition) is 2. The van der Waals surface area contributed by atoms with Gasteiger partial charge in [0.25, 0.3) is 0 Å². The molecule has 1 amide bonds. The van der Waals surface area contributed by atoms with Gasteiger partial charge in [0, 0.05) is 11.3 Å². The van der Waals surface area contributed by atoms with E-state index in [1.807, 2.05) is 13.0 Å².